The SMILES string of the molecule is CCOc1ccc(NC(=O)N2C[C@H](O)C[C@@H]2c2nc(C)no2)cn1. The van der Waals surface area contributed by atoms with E-state index in [0.29, 0.717) is 36.3 Å². The molecule has 0 aromatic carbocycles. The number of hydrogen-bond acceptors (Lipinski definition) is 7. The van der Waals surface area contributed by atoms with Gasteiger partial charge in [-0.25, -0.2) is 9.78 Å². The van der Waals surface area contributed by atoms with Gasteiger partial charge in [-0.3, -0.25) is 0 Å². The van der Waals surface area contributed by atoms with Crippen LogP contribution in [0, 0.1) is 6.92 Å². The average molecular weight is 333 g/mol. The van der Waals surface area contributed by atoms with Crippen molar-refractivity contribution in [2.45, 2.75) is 32.4 Å². The fourth-order valence-corrected chi connectivity index (χ4v) is 2.60. The second-order valence-corrected chi connectivity index (χ2v) is 5.49. The molecule has 1 saturated heterocycles. The number of likely N-dealkylation sites (tertiary alicyclic amines) is 1. The van der Waals surface area contributed by atoms with Crippen molar-refractivity contribution in [3.8, 4) is 5.88 Å². The summed E-state index contributed by atoms with van der Waals surface area (Å²) in [5.41, 5.74) is 0.533. The lowest BCUT2D eigenvalue weighted by molar-refractivity contribution is 0.174. The molecule has 3 heterocycles. The number of urea groups is 1. The van der Waals surface area contributed by atoms with Gasteiger partial charge in [0.05, 0.1) is 24.6 Å². The summed E-state index contributed by atoms with van der Waals surface area (Å²) in [6, 6.07) is 2.57. The fourth-order valence-electron chi connectivity index (χ4n) is 2.60. The molecule has 128 valence electrons. The molecule has 1 aliphatic heterocycles. The van der Waals surface area contributed by atoms with Crippen molar-refractivity contribution in [1.29, 1.82) is 0 Å². The molecule has 2 aromatic heterocycles. The third kappa shape index (κ3) is 3.46. The first-order valence-corrected chi connectivity index (χ1v) is 7.71. The Morgan fingerprint density at radius 1 is 1.54 bits per heavy atom. The zero-order valence-corrected chi connectivity index (χ0v) is 13.5. The summed E-state index contributed by atoms with van der Waals surface area (Å²) in [6.45, 7) is 4.29. The van der Waals surface area contributed by atoms with Gasteiger partial charge in [-0.2, -0.15) is 4.98 Å². The van der Waals surface area contributed by atoms with E-state index in [1.807, 2.05) is 6.92 Å². The van der Waals surface area contributed by atoms with Gasteiger partial charge in [-0.05, 0) is 19.9 Å². The third-order valence-electron chi connectivity index (χ3n) is 3.65. The zero-order valence-electron chi connectivity index (χ0n) is 13.5. The number of aromatic nitrogens is 3. The number of anilines is 1. The highest BCUT2D eigenvalue weighted by Gasteiger charge is 2.38. The molecule has 2 atom stereocenters. The van der Waals surface area contributed by atoms with E-state index in [9.17, 15) is 9.90 Å². The molecule has 2 aromatic rings. The van der Waals surface area contributed by atoms with E-state index in [4.69, 9.17) is 9.26 Å². The monoisotopic (exact) mass is 333 g/mol. The number of amides is 2. The van der Waals surface area contributed by atoms with E-state index in [1.165, 1.54) is 11.1 Å². The van der Waals surface area contributed by atoms with Crippen molar-refractivity contribution in [2.24, 2.45) is 0 Å². The number of aliphatic hydroxyl groups is 1. The normalized spacial score (nSPS) is 20.2. The minimum Gasteiger partial charge on any atom is -0.478 e. The van der Waals surface area contributed by atoms with Crippen LogP contribution in [0.15, 0.2) is 22.9 Å². The van der Waals surface area contributed by atoms with Crippen LogP contribution in [0.3, 0.4) is 0 Å². The van der Waals surface area contributed by atoms with Gasteiger partial charge in [-0.1, -0.05) is 5.16 Å². The fraction of sp³-hybridized carbons (Fsp3) is 0.467. The van der Waals surface area contributed by atoms with Crippen molar-refractivity contribution in [1.82, 2.24) is 20.0 Å². The van der Waals surface area contributed by atoms with Crippen molar-refractivity contribution < 1.29 is 19.2 Å². The van der Waals surface area contributed by atoms with Crippen molar-refractivity contribution in [2.75, 3.05) is 18.5 Å². The Kier molecular flexibility index (Phi) is 4.61. The Hall–Kier alpha value is -2.68. The number of ether oxygens (including phenoxy) is 1. The van der Waals surface area contributed by atoms with Gasteiger partial charge in [0.25, 0.3) is 0 Å². The van der Waals surface area contributed by atoms with Crippen LogP contribution >= 0.6 is 0 Å². The van der Waals surface area contributed by atoms with Gasteiger partial charge in [0.15, 0.2) is 5.82 Å². The summed E-state index contributed by atoms with van der Waals surface area (Å²) in [6.07, 6.45) is 1.24. The second-order valence-electron chi connectivity index (χ2n) is 5.49. The molecule has 0 unspecified atom stereocenters. The van der Waals surface area contributed by atoms with Gasteiger partial charge < -0.3 is 24.6 Å². The lowest BCUT2D eigenvalue weighted by atomic mass is 10.2. The molecular formula is C15H19N5O4. The predicted molar refractivity (Wildman–Crippen MR) is 83.5 cm³/mol. The van der Waals surface area contributed by atoms with Crippen molar-refractivity contribution in [3.05, 3.63) is 30.0 Å². The highest BCUT2D eigenvalue weighted by molar-refractivity contribution is 5.89. The van der Waals surface area contributed by atoms with Crippen molar-refractivity contribution in [3.63, 3.8) is 0 Å². The van der Waals surface area contributed by atoms with Crippen LogP contribution in [0.2, 0.25) is 0 Å². The van der Waals surface area contributed by atoms with Crippen LogP contribution in [0.4, 0.5) is 10.5 Å². The number of carbonyl (C=O) groups excluding carboxylic acids is 1. The van der Waals surface area contributed by atoms with Crippen LogP contribution in [0.1, 0.15) is 31.1 Å². The topological polar surface area (TPSA) is 114 Å². The van der Waals surface area contributed by atoms with Crippen LogP contribution in [-0.2, 0) is 0 Å². The number of pyridine rings is 1. The summed E-state index contributed by atoms with van der Waals surface area (Å²) in [5, 5.41) is 16.4. The molecule has 1 aliphatic rings. The molecule has 0 aliphatic carbocycles. The molecule has 9 heteroatoms. The Morgan fingerprint density at radius 2 is 2.38 bits per heavy atom. The Balaban J connectivity index is 1.70. The largest absolute Gasteiger partial charge is 0.478 e. The number of hydrogen-bond donors (Lipinski definition) is 2. The maximum Gasteiger partial charge on any atom is 0.322 e. The summed E-state index contributed by atoms with van der Waals surface area (Å²) >= 11 is 0. The molecule has 1 fully saturated rings. The number of aryl methyl sites for hydroxylation is 1. The molecule has 2 N–H and O–H groups in total. The highest BCUT2D eigenvalue weighted by Crippen LogP contribution is 2.31. The third-order valence-corrected chi connectivity index (χ3v) is 3.65. The maximum atomic E-state index is 12.5. The first kappa shape index (κ1) is 16.2. The van der Waals surface area contributed by atoms with Crippen LogP contribution in [0.5, 0.6) is 5.88 Å². The molecule has 0 spiro atoms. The van der Waals surface area contributed by atoms with E-state index in [-0.39, 0.29) is 12.6 Å². The van der Waals surface area contributed by atoms with Gasteiger partial charge in [-0.15, -0.1) is 0 Å². The summed E-state index contributed by atoms with van der Waals surface area (Å²) in [5.74, 6) is 1.30. The van der Waals surface area contributed by atoms with E-state index in [0.717, 1.165) is 0 Å². The number of nitrogens with one attached hydrogen (secondary N) is 1. The summed E-state index contributed by atoms with van der Waals surface area (Å²) < 4.78 is 10.4. The lowest BCUT2D eigenvalue weighted by Crippen LogP contribution is -2.35. The quantitative estimate of drug-likeness (QED) is 0.871. The Bertz CT molecular complexity index is 702. The van der Waals surface area contributed by atoms with E-state index in [1.54, 1.807) is 19.1 Å². The van der Waals surface area contributed by atoms with Crippen LogP contribution in [0.25, 0.3) is 0 Å². The van der Waals surface area contributed by atoms with Crippen LogP contribution in [-0.4, -0.2) is 50.4 Å². The minimum atomic E-state index is -0.633. The maximum absolute atomic E-state index is 12.5. The lowest BCUT2D eigenvalue weighted by Gasteiger charge is -2.21. The first-order chi connectivity index (χ1) is 11.6. The molecule has 0 saturated carbocycles. The Morgan fingerprint density at radius 3 is 3.00 bits per heavy atom. The minimum absolute atomic E-state index is 0.197. The molecule has 3 rings (SSSR count). The molecule has 0 radical (unpaired) electrons. The number of nitrogens with zero attached hydrogens (tertiary/aromatic N) is 4. The highest BCUT2D eigenvalue weighted by atomic mass is 16.5. The smallest absolute Gasteiger partial charge is 0.322 e. The molecule has 9 nitrogen and oxygen atoms in total. The number of aliphatic hydroxyl groups excluding tert-OH is 1. The second kappa shape index (κ2) is 6.83. The van der Waals surface area contributed by atoms with Crippen molar-refractivity contribution >= 4 is 11.7 Å². The Labute approximate surface area is 138 Å². The van der Waals surface area contributed by atoms with E-state index < -0.39 is 12.1 Å². The molecule has 24 heavy (non-hydrogen) atoms. The van der Waals surface area contributed by atoms with Gasteiger partial charge >= 0.3 is 6.03 Å². The van der Waals surface area contributed by atoms with E-state index in [2.05, 4.69) is 20.4 Å². The zero-order chi connectivity index (χ0) is 17.1. The number of rotatable bonds is 4. The van der Waals surface area contributed by atoms with E-state index >= 15 is 0 Å². The molecule has 0 bridgehead atoms. The number of carbonyl (C=O) groups is 1. The molecule has 2 amide bonds. The van der Waals surface area contributed by atoms with Gasteiger partial charge in [0, 0.05) is 19.0 Å². The van der Waals surface area contributed by atoms with Crippen LogP contribution < -0.4 is 10.1 Å². The predicted octanol–water partition coefficient (Wildman–Crippen LogP) is 1.51. The summed E-state index contributed by atoms with van der Waals surface area (Å²) in [4.78, 5) is 22.3. The average Bonchev–Trinajstić information content (AvgIpc) is 3.15. The first-order valence-electron chi connectivity index (χ1n) is 7.71. The number of β-amino-alcohol motifs (C(OH)–C–C–N with tert-alkyl or cyclic N) is 1. The molecular weight excluding hydrogens is 314 g/mol. The van der Waals surface area contributed by atoms with Gasteiger partial charge in [0.1, 0.15) is 6.04 Å². The van der Waals surface area contributed by atoms with Gasteiger partial charge in [0.2, 0.25) is 11.8 Å². The standard InChI is InChI=1S/C15H19N5O4/c1-3-23-13-5-4-10(7-16-13)18-15(22)20-8-11(21)6-12(20)14-17-9(2)19-24-14/h4-5,7,11-12,21H,3,6,8H2,1-2H3,(H,18,22)/t11-,12-/m1/s1. The summed E-state index contributed by atoms with van der Waals surface area (Å²) in [7, 11) is 0.